The molecule has 0 saturated carbocycles. The Morgan fingerprint density at radius 1 is 0.500 bits per heavy atom. The summed E-state index contributed by atoms with van der Waals surface area (Å²) in [4.78, 5) is 0. The van der Waals surface area contributed by atoms with Crippen LogP contribution in [0.4, 0.5) is 17.6 Å². The van der Waals surface area contributed by atoms with Crippen molar-refractivity contribution < 1.29 is 31.5 Å². The molecule has 0 radical (unpaired) electrons. The standard InChI is InChI=1S/C37H36F4NO2/c1-35(2)43-33-34(44-35)37(27-9-17-31(40)18-10-27,28-11-19-32(41)20-12-28)24-42(21-3-4-22-42)23-36(33,25-5-13-29(38)14-6-25)26-7-15-30(39)16-8-26/h5-20,33-34H,3-4,21-24H2,1-2H3/q+1/t33-,34-/m1/s1. The summed E-state index contributed by atoms with van der Waals surface area (Å²) in [5.74, 6) is -2.44. The van der Waals surface area contributed by atoms with E-state index >= 15 is 0 Å². The molecule has 0 N–H and O–H groups in total. The summed E-state index contributed by atoms with van der Waals surface area (Å²) in [6.45, 7) is 6.68. The van der Waals surface area contributed by atoms with Crippen molar-refractivity contribution in [2.24, 2.45) is 0 Å². The van der Waals surface area contributed by atoms with E-state index in [1.165, 1.54) is 48.5 Å². The summed E-state index contributed by atoms with van der Waals surface area (Å²) in [6.07, 6.45) is 0.742. The van der Waals surface area contributed by atoms with Gasteiger partial charge in [0.2, 0.25) is 0 Å². The van der Waals surface area contributed by atoms with Crippen molar-refractivity contribution in [3.8, 4) is 0 Å². The van der Waals surface area contributed by atoms with E-state index in [-0.39, 0.29) is 23.3 Å². The highest BCUT2D eigenvalue weighted by molar-refractivity contribution is 5.49. The van der Waals surface area contributed by atoms with Gasteiger partial charge in [0.1, 0.15) is 35.5 Å². The van der Waals surface area contributed by atoms with Crippen LogP contribution in [0, 0.1) is 23.3 Å². The summed E-state index contributed by atoms with van der Waals surface area (Å²) < 4.78 is 72.5. The largest absolute Gasteiger partial charge is 0.343 e. The third kappa shape index (κ3) is 4.68. The molecule has 3 fully saturated rings. The fourth-order valence-electron chi connectivity index (χ4n) is 8.44. The first kappa shape index (κ1) is 29.2. The highest BCUT2D eigenvalue weighted by Crippen LogP contribution is 2.57. The Morgan fingerprint density at radius 3 is 1.05 bits per heavy atom. The van der Waals surface area contributed by atoms with Gasteiger partial charge in [-0.3, -0.25) is 0 Å². The fourth-order valence-corrected chi connectivity index (χ4v) is 8.44. The third-order valence-electron chi connectivity index (χ3n) is 10.2. The lowest BCUT2D eigenvalue weighted by molar-refractivity contribution is -0.922. The van der Waals surface area contributed by atoms with Gasteiger partial charge in [-0.2, -0.15) is 0 Å². The normalized spacial score (nSPS) is 24.6. The van der Waals surface area contributed by atoms with Crippen LogP contribution < -0.4 is 0 Å². The van der Waals surface area contributed by atoms with Crippen molar-refractivity contribution >= 4 is 0 Å². The molecule has 2 atom stereocenters. The van der Waals surface area contributed by atoms with Crippen molar-refractivity contribution in [2.45, 2.75) is 55.5 Å². The second kappa shape index (κ2) is 10.5. The molecule has 3 aliphatic heterocycles. The minimum Gasteiger partial charge on any atom is -0.343 e. The van der Waals surface area contributed by atoms with Crippen molar-refractivity contribution in [1.29, 1.82) is 0 Å². The highest BCUT2D eigenvalue weighted by Gasteiger charge is 2.68. The minimum absolute atomic E-state index is 0.353. The SMILES string of the molecule is CC1(C)O[C@@H]2[C@@H](O1)C(c1ccc(F)cc1)(c1ccc(F)cc1)C[N+]1(CCCC1)CC2(c1ccc(F)cc1)c1ccc(F)cc1. The van der Waals surface area contributed by atoms with E-state index in [2.05, 4.69) is 0 Å². The maximum Gasteiger partial charge on any atom is 0.163 e. The number of hydrogen-bond donors (Lipinski definition) is 0. The van der Waals surface area contributed by atoms with Gasteiger partial charge in [0.25, 0.3) is 0 Å². The number of halogens is 4. The zero-order chi connectivity index (χ0) is 30.7. The number of ether oxygens (including phenoxy) is 2. The van der Waals surface area contributed by atoms with Gasteiger partial charge in [0.05, 0.1) is 37.0 Å². The Bertz CT molecular complexity index is 1420. The number of benzene rings is 4. The zero-order valence-electron chi connectivity index (χ0n) is 24.9. The van der Waals surface area contributed by atoms with E-state index < -0.39 is 28.8 Å². The van der Waals surface area contributed by atoms with Crippen LogP contribution in [0.3, 0.4) is 0 Å². The van der Waals surface area contributed by atoms with Crippen LogP contribution in [0.1, 0.15) is 48.9 Å². The van der Waals surface area contributed by atoms with E-state index in [1.54, 1.807) is 48.5 Å². The maximum atomic E-state index is 14.5. The van der Waals surface area contributed by atoms with E-state index in [9.17, 15) is 17.6 Å². The molecule has 7 heteroatoms. The molecule has 0 unspecified atom stereocenters. The third-order valence-corrected chi connectivity index (χ3v) is 10.2. The Kier molecular flexibility index (Phi) is 6.99. The van der Waals surface area contributed by atoms with E-state index in [0.717, 1.165) is 48.2 Å². The van der Waals surface area contributed by atoms with Gasteiger partial charge in [-0.05, 0) is 84.6 Å². The van der Waals surface area contributed by atoms with Crippen molar-refractivity contribution in [3.63, 3.8) is 0 Å². The predicted octanol–water partition coefficient (Wildman–Crippen LogP) is 7.66. The average molecular weight is 603 g/mol. The van der Waals surface area contributed by atoms with E-state index in [4.69, 9.17) is 9.47 Å². The van der Waals surface area contributed by atoms with E-state index in [0.29, 0.717) is 17.6 Å². The predicted molar refractivity (Wildman–Crippen MR) is 160 cm³/mol. The van der Waals surface area contributed by atoms with Crippen LogP contribution in [0.2, 0.25) is 0 Å². The Balaban J connectivity index is 1.59. The van der Waals surface area contributed by atoms with Crippen LogP contribution in [0.15, 0.2) is 97.1 Å². The summed E-state index contributed by atoms with van der Waals surface area (Å²) in [7, 11) is 0. The van der Waals surface area contributed by atoms with Crippen LogP contribution in [-0.2, 0) is 20.3 Å². The van der Waals surface area contributed by atoms with Gasteiger partial charge in [-0.25, -0.2) is 17.6 Å². The molecular weight excluding hydrogens is 566 g/mol. The smallest absolute Gasteiger partial charge is 0.163 e. The second-order valence-corrected chi connectivity index (χ2v) is 13.3. The van der Waals surface area contributed by atoms with Crippen LogP contribution in [0.25, 0.3) is 0 Å². The number of rotatable bonds is 4. The Hall–Kier alpha value is -3.52. The number of fused-ring (bicyclic) bond motifs is 1. The summed E-state index contributed by atoms with van der Waals surface area (Å²) in [6, 6.07) is 26.1. The van der Waals surface area contributed by atoms with Crippen LogP contribution in [-0.4, -0.2) is 48.7 Å². The molecule has 0 amide bonds. The zero-order valence-corrected chi connectivity index (χ0v) is 24.9. The van der Waals surface area contributed by atoms with Crippen molar-refractivity contribution in [2.75, 3.05) is 26.2 Å². The Morgan fingerprint density at radius 2 is 0.773 bits per heavy atom. The number of quaternary nitrogens is 1. The van der Waals surface area contributed by atoms with Gasteiger partial charge >= 0.3 is 0 Å². The fraction of sp³-hybridized carbons (Fsp3) is 0.351. The molecule has 0 aliphatic carbocycles. The molecule has 3 saturated heterocycles. The molecule has 3 nitrogen and oxygen atoms in total. The summed E-state index contributed by atoms with van der Waals surface area (Å²) in [5, 5.41) is 0. The van der Waals surface area contributed by atoms with Gasteiger partial charge in [0.15, 0.2) is 5.79 Å². The molecule has 0 bridgehead atoms. The van der Waals surface area contributed by atoms with Crippen molar-refractivity contribution in [1.82, 2.24) is 0 Å². The molecule has 228 valence electrons. The van der Waals surface area contributed by atoms with Crippen LogP contribution >= 0.6 is 0 Å². The van der Waals surface area contributed by atoms with Gasteiger partial charge in [0, 0.05) is 12.8 Å². The lowest BCUT2D eigenvalue weighted by atomic mass is 9.62. The molecule has 3 heterocycles. The molecule has 1 spiro atoms. The molecule has 7 rings (SSSR count). The molecule has 4 aromatic carbocycles. The molecule has 3 aliphatic rings. The minimum atomic E-state index is -1.03. The quantitative estimate of drug-likeness (QED) is 0.176. The lowest BCUT2D eigenvalue weighted by Crippen LogP contribution is -2.58. The summed E-state index contributed by atoms with van der Waals surface area (Å²) >= 11 is 0. The first-order valence-electron chi connectivity index (χ1n) is 15.3. The maximum absolute atomic E-state index is 14.5. The number of nitrogens with zero attached hydrogens (tertiary/aromatic N) is 1. The number of hydrogen-bond acceptors (Lipinski definition) is 2. The van der Waals surface area contributed by atoms with Crippen LogP contribution in [0.5, 0.6) is 0 Å². The first-order valence-corrected chi connectivity index (χ1v) is 15.3. The van der Waals surface area contributed by atoms with E-state index in [1.807, 2.05) is 13.8 Å². The topological polar surface area (TPSA) is 18.5 Å². The molecule has 44 heavy (non-hydrogen) atoms. The Labute approximate surface area is 255 Å². The van der Waals surface area contributed by atoms with Gasteiger partial charge < -0.3 is 14.0 Å². The average Bonchev–Trinajstić information content (AvgIpc) is 3.58. The monoisotopic (exact) mass is 602 g/mol. The van der Waals surface area contributed by atoms with Crippen molar-refractivity contribution in [3.05, 3.63) is 143 Å². The summed E-state index contributed by atoms with van der Waals surface area (Å²) in [5.41, 5.74) is 1.62. The first-order chi connectivity index (χ1) is 21.1. The molecular formula is C37H36F4NO2+. The molecule has 4 aromatic rings. The van der Waals surface area contributed by atoms with Gasteiger partial charge in [-0.15, -0.1) is 0 Å². The van der Waals surface area contributed by atoms with Gasteiger partial charge in [-0.1, -0.05) is 48.5 Å². The highest BCUT2D eigenvalue weighted by atomic mass is 19.1. The lowest BCUT2D eigenvalue weighted by Gasteiger charge is -2.46. The molecule has 0 aromatic heterocycles. The second-order valence-electron chi connectivity index (χ2n) is 13.3.